The summed E-state index contributed by atoms with van der Waals surface area (Å²) in [6, 6.07) is 5.20. The molecule has 4 heteroatoms. The van der Waals surface area contributed by atoms with Crippen molar-refractivity contribution in [1.29, 1.82) is 0 Å². The summed E-state index contributed by atoms with van der Waals surface area (Å²) in [5.74, 6) is -0.286. The van der Waals surface area contributed by atoms with Crippen LogP contribution in [0.25, 0.3) is 0 Å². The van der Waals surface area contributed by atoms with Gasteiger partial charge in [0.2, 0.25) is 0 Å². The van der Waals surface area contributed by atoms with E-state index in [9.17, 15) is 14.3 Å². The maximum Gasteiger partial charge on any atom is 0.162 e. The van der Waals surface area contributed by atoms with Crippen molar-refractivity contribution < 1.29 is 19.0 Å². The monoisotopic (exact) mass is 362 g/mol. The smallest absolute Gasteiger partial charge is 0.162 e. The molecule has 0 aliphatic heterocycles. The highest BCUT2D eigenvalue weighted by atomic mass is 19.1. The molecular weight excluding hydrogens is 331 g/mol. The topological polar surface area (TPSA) is 46.5 Å². The van der Waals surface area contributed by atoms with Crippen molar-refractivity contribution in [1.82, 2.24) is 0 Å². The molecule has 0 bridgehead atoms. The lowest BCUT2D eigenvalue weighted by molar-refractivity contribution is -0.119. The number of halogens is 1. The molecule has 2 atom stereocenters. The Hall–Kier alpha value is -1.94. The van der Waals surface area contributed by atoms with Gasteiger partial charge in [0.1, 0.15) is 5.82 Å². The zero-order valence-corrected chi connectivity index (χ0v) is 16.1. The molecule has 26 heavy (non-hydrogen) atoms. The number of carbonyl (C=O) groups excluding carboxylic acids is 1. The third-order valence-corrected chi connectivity index (χ3v) is 4.51. The molecule has 1 aliphatic rings. The second-order valence-corrected chi connectivity index (χ2v) is 6.75. The van der Waals surface area contributed by atoms with E-state index in [1.54, 1.807) is 19.3 Å². The SMILES string of the molecule is C=CCC1C[C@@H](CCc2ccc(C)cc2F)C(O)=CC1=O.CCCOC. The van der Waals surface area contributed by atoms with Crippen molar-refractivity contribution in [3.8, 4) is 0 Å². The maximum atomic E-state index is 13.8. The van der Waals surface area contributed by atoms with Gasteiger partial charge in [0.15, 0.2) is 5.78 Å². The number of benzene rings is 1. The molecule has 0 amide bonds. The summed E-state index contributed by atoms with van der Waals surface area (Å²) in [4.78, 5) is 11.8. The summed E-state index contributed by atoms with van der Waals surface area (Å²) >= 11 is 0. The normalized spacial score (nSPS) is 19.4. The molecule has 0 spiro atoms. The number of methoxy groups -OCH3 is 1. The van der Waals surface area contributed by atoms with Gasteiger partial charge in [-0.15, -0.1) is 6.58 Å². The molecule has 0 heterocycles. The lowest BCUT2D eigenvalue weighted by Crippen LogP contribution is -2.24. The van der Waals surface area contributed by atoms with Crippen molar-refractivity contribution >= 4 is 5.78 Å². The van der Waals surface area contributed by atoms with Crippen LogP contribution in [0.15, 0.2) is 42.7 Å². The Morgan fingerprint density at radius 1 is 1.38 bits per heavy atom. The number of aliphatic hydroxyl groups excluding tert-OH is 1. The molecule has 0 saturated carbocycles. The van der Waals surface area contributed by atoms with E-state index in [4.69, 9.17) is 4.74 Å². The fourth-order valence-electron chi connectivity index (χ4n) is 3.03. The number of aryl methyl sites for hydroxylation is 2. The van der Waals surface area contributed by atoms with Crippen LogP contribution < -0.4 is 0 Å². The average molecular weight is 362 g/mol. The first-order valence-corrected chi connectivity index (χ1v) is 9.22. The first-order chi connectivity index (χ1) is 12.4. The summed E-state index contributed by atoms with van der Waals surface area (Å²) in [5, 5.41) is 9.94. The largest absolute Gasteiger partial charge is 0.512 e. The highest BCUT2D eigenvalue weighted by Crippen LogP contribution is 2.31. The van der Waals surface area contributed by atoms with E-state index in [0.717, 1.165) is 18.6 Å². The van der Waals surface area contributed by atoms with Crippen molar-refractivity contribution in [2.24, 2.45) is 11.8 Å². The van der Waals surface area contributed by atoms with Gasteiger partial charge in [-0.2, -0.15) is 0 Å². The van der Waals surface area contributed by atoms with E-state index in [1.807, 2.05) is 13.0 Å². The summed E-state index contributed by atoms with van der Waals surface area (Å²) in [6.07, 6.45) is 6.62. The molecule has 3 nitrogen and oxygen atoms in total. The van der Waals surface area contributed by atoms with E-state index in [-0.39, 0.29) is 29.2 Å². The predicted molar refractivity (Wildman–Crippen MR) is 104 cm³/mol. The zero-order chi connectivity index (χ0) is 19.5. The van der Waals surface area contributed by atoms with Crippen LogP contribution in [0.3, 0.4) is 0 Å². The van der Waals surface area contributed by atoms with Gasteiger partial charge in [-0.1, -0.05) is 25.1 Å². The van der Waals surface area contributed by atoms with E-state index in [1.165, 1.54) is 12.1 Å². The van der Waals surface area contributed by atoms with Crippen LogP contribution in [-0.2, 0) is 16.0 Å². The number of allylic oxidation sites excluding steroid dienone is 3. The Kier molecular flexibility index (Phi) is 9.89. The Labute approximate surface area is 156 Å². The molecule has 0 fully saturated rings. The number of hydrogen-bond donors (Lipinski definition) is 1. The Bertz CT molecular complexity index is 620. The molecule has 2 rings (SSSR count). The standard InChI is InChI=1S/C18H21FO2.C4H10O/c1-3-4-14-10-15(18(21)11-17(14)20)8-7-13-6-5-12(2)9-16(13)19;1-3-4-5-2/h3,5-6,9,11,14-15,21H,1,4,7-8,10H2,2H3;3-4H2,1-2H3/t14?,15-;/m1./s1. The minimum absolute atomic E-state index is 0.0369. The lowest BCUT2D eigenvalue weighted by Gasteiger charge is -2.25. The predicted octanol–water partition coefficient (Wildman–Crippen LogP) is 5.33. The van der Waals surface area contributed by atoms with E-state index < -0.39 is 0 Å². The van der Waals surface area contributed by atoms with Crippen LogP contribution in [-0.4, -0.2) is 24.6 Å². The van der Waals surface area contributed by atoms with Gasteiger partial charge >= 0.3 is 0 Å². The lowest BCUT2D eigenvalue weighted by atomic mass is 9.80. The Morgan fingerprint density at radius 2 is 2.12 bits per heavy atom. The summed E-state index contributed by atoms with van der Waals surface area (Å²) < 4.78 is 18.5. The van der Waals surface area contributed by atoms with Gasteiger partial charge in [-0.3, -0.25) is 4.79 Å². The van der Waals surface area contributed by atoms with Crippen LogP contribution >= 0.6 is 0 Å². The molecule has 0 saturated heterocycles. The van der Waals surface area contributed by atoms with Crippen molar-refractivity contribution in [3.63, 3.8) is 0 Å². The highest BCUT2D eigenvalue weighted by molar-refractivity contribution is 5.93. The molecule has 1 aromatic carbocycles. The van der Waals surface area contributed by atoms with Crippen LogP contribution in [0, 0.1) is 24.6 Å². The average Bonchev–Trinajstić information content (AvgIpc) is 2.59. The molecule has 1 unspecified atom stereocenters. The fourth-order valence-corrected chi connectivity index (χ4v) is 3.03. The third-order valence-electron chi connectivity index (χ3n) is 4.51. The second kappa shape index (κ2) is 11.6. The van der Waals surface area contributed by atoms with E-state index >= 15 is 0 Å². The number of rotatable bonds is 7. The van der Waals surface area contributed by atoms with Crippen LogP contribution in [0.5, 0.6) is 0 Å². The van der Waals surface area contributed by atoms with Gasteiger partial charge in [-0.25, -0.2) is 4.39 Å². The molecule has 0 aromatic heterocycles. The van der Waals surface area contributed by atoms with Crippen LogP contribution in [0.2, 0.25) is 0 Å². The molecule has 1 aromatic rings. The maximum absolute atomic E-state index is 13.8. The molecule has 0 radical (unpaired) electrons. The fraction of sp³-hybridized carbons (Fsp3) is 0.500. The first kappa shape index (κ1) is 22.1. The number of aliphatic hydroxyl groups is 1. The molecule has 1 N–H and O–H groups in total. The van der Waals surface area contributed by atoms with Gasteiger partial charge in [0, 0.05) is 31.6 Å². The van der Waals surface area contributed by atoms with Gasteiger partial charge in [0.05, 0.1) is 5.76 Å². The van der Waals surface area contributed by atoms with Crippen molar-refractivity contribution in [2.45, 2.75) is 46.0 Å². The van der Waals surface area contributed by atoms with Gasteiger partial charge in [-0.05, 0) is 56.2 Å². The summed E-state index contributed by atoms with van der Waals surface area (Å²) in [7, 11) is 1.71. The minimum Gasteiger partial charge on any atom is -0.512 e. The summed E-state index contributed by atoms with van der Waals surface area (Å²) in [6.45, 7) is 8.49. The number of ether oxygens (including phenoxy) is 1. The summed E-state index contributed by atoms with van der Waals surface area (Å²) in [5.41, 5.74) is 1.55. The Balaban J connectivity index is 0.000000597. The highest BCUT2D eigenvalue weighted by Gasteiger charge is 2.28. The van der Waals surface area contributed by atoms with E-state index in [0.29, 0.717) is 31.2 Å². The quantitative estimate of drug-likeness (QED) is 0.667. The van der Waals surface area contributed by atoms with Crippen LogP contribution in [0.4, 0.5) is 4.39 Å². The third kappa shape index (κ3) is 7.12. The van der Waals surface area contributed by atoms with Gasteiger partial charge in [0.25, 0.3) is 0 Å². The van der Waals surface area contributed by atoms with Gasteiger partial charge < -0.3 is 9.84 Å². The van der Waals surface area contributed by atoms with E-state index in [2.05, 4.69) is 13.5 Å². The first-order valence-electron chi connectivity index (χ1n) is 9.22. The van der Waals surface area contributed by atoms with Crippen molar-refractivity contribution in [2.75, 3.05) is 13.7 Å². The number of carbonyl (C=O) groups is 1. The molecular formula is C22H31FO3. The number of ketones is 1. The Morgan fingerprint density at radius 3 is 2.65 bits per heavy atom. The molecule has 1 aliphatic carbocycles. The number of hydrogen-bond acceptors (Lipinski definition) is 3. The van der Waals surface area contributed by atoms with Crippen LogP contribution in [0.1, 0.15) is 43.7 Å². The van der Waals surface area contributed by atoms with Crippen molar-refractivity contribution in [3.05, 3.63) is 59.6 Å². The minimum atomic E-state index is -0.201. The molecule has 144 valence electrons. The second-order valence-electron chi connectivity index (χ2n) is 6.75. The zero-order valence-electron chi connectivity index (χ0n) is 16.1.